The minimum Gasteiger partial charge on any atom is -0.464 e. The molecule has 0 aromatic carbocycles. The molecule has 0 fully saturated rings. The van der Waals surface area contributed by atoms with Gasteiger partial charge in [-0.05, 0) is 12.1 Å². The molecule has 0 amide bonds. The number of hydrogen-bond acceptors (Lipinski definition) is 5. The smallest absolute Gasteiger partial charge is 0.148 e. The van der Waals surface area contributed by atoms with Crippen molar-refractivity contribution in [2.45, 2.75) is 12.3 Å². The van der Waals surface area contributed by atoms with Crippen LogP contribution in [0.25, 0.3) is 0 Å². The third kappa shape index (κ3) is 4.91. The minimum absolute atomic E-state index is 0.0654. The van der Waals surface area contributed by atoms with Crippen LogP contribution in [0.15, 0.2) is 16.5 Å². The Morgan fingerprint density at radius 2 is 2.00 bits per heavy atom. The SMILES string of the molecule is CS(=O)(=O)CCS(=O)Cc1ccc(CN)o1. The molecular weight excluding hydrogens is 250 g/mol. The Kier molecular flexibility index (Phi) is 4.69. The lowest BCUT2D eigenvalue weighted by atomic mass is 10.4. The first kappa shape index (κ1) is 13.4. The molecule has 0 spiro atoms. The summed E-state index contributed by atoms with van der Waals surface area (Å²) in [7, 11) is -4.27. The van der Waals surface area contributed by atoms with Crippen molar-refractivity contribution in [1.82, 2.24) is 0 Å². The molecule has 2 N–H and O–H groups in total. The van der Waals surface area contributed by atoms with Crippen LogP contribution in [0.1, 0.15) is 11.5 Å². The van der Waals surface area contributed by atoms with E-state index in [2.05, 4.69) is 0 Å². The van der Waals surface area contributed by atoms with Crippen molar-refractivity contribution in [2.24, 2.45) is 5.73 Å². The molecule has 0 aliphatic heterocycles. The molecule has 92 valence electrons. The maximum absolute atomic E-state index is 11.5. The average Bonchev–Trinajstić information content (AvgIpc) is 2.61. The van der Waals surface area contributed by atoms with Crippen molar-refractivity contribution in [3.63, 3.8) is 0 Å². The summed E-state index contributed by atoms with van der Waals surface area (Å²) in [5.41, 5.74) is 5.36. The number of rotatable bonds is 6. The minimum atomic E-state index is -3.05. The Morgan fingerprint density at radius 1 is 1.38 bits per heavy atom. The molecule has 1 aromatic rings. The second kappa shape index (κ2) is 5.60. The van der Waals surface area contributed by atoms with Crippen LogP contribution in [-0.2, 0) is 32.9 Å². The maximum atomic E-state index is 11.5. The van der Waals surface area contributed by atoms with E-state index in [-0.39, 0.29) is 17.3 Å². The van der Waals surface area contributed by atoms with Gasteiger partial charge in [-0.25, -0.2) is 8.42 Å². The van der Waals surface area contributed by atoms with Crippen LogP contribution < -0.4 is 5.73 Å². The molecule has 0 saturated heterocycles. The van der Waals surface area contributed by atoms with Gasteiger partial charge in [-0.3, -0.25) is 4.21 Å². The van der Waals surface area contributed by atoms with Crippen LogP contribution in [0.5, 0.6) is 0 Å². The highest BCUT2D eigenvalue weighted by molar-refractivity contribution is 7.92. The molecule has 16 heavy (non-hydrogen) atoms. The van der Waals surface area contributed by atoms with Crippen molar-refractivity contribution < 1.29 is 17.0 Å². The van der Waals surface area contributed by atoms with Gasteiger partial charge in [0.25, 0.3) is 0 Å². The lowest BCUT2D eigenvalue weighted by Gasteiger charge is -1.99. The summed E-state index contributed by atoms with van der Waals surface area (Å²) in [6, 6.07) is 3.43. The Labute approximate surface area is 97.4 Å². The number of sulfone groups is 1. The monoisotopic (exact) mass is 265 g/mol. The zero-order chi connectivity index (χ0) is 12.2. The van der Waals surface area contributed by atoms with E-state index in [1.165, 1.54) is 0 Å². The van der Waals surface area contributed by atoms with E-state index in [1.807, 2.05) is 0 Å². The predicted octanol–water partition coefficient (Wildman–Crippen LogP) is 0.0316. The molecule has 5 nitrogen and oxygen atoms in total. The van der Waals surface area contributed by atoms with Gasteiger partial charge in [-0.1, -0.05) is 0 Å². The molecule has 1 aromatic heterocycles. The van der Waals surface area contributed by atoms with Crippen molar-refractivity contribution in [3.05, 3.63) is 23.7 Å². The standard InChI is InChI=1S/C9H15NO4S2/c1-16(12,13)5-4-15(11)7-9-3-2-8(6-10)14-9/h2-3H,4-7,10H2,1H3. The van der Waals surface area contributed by atoms with E-state index in [4.69, 9.17) is 10.2 Å². The number of furan rings is 1. The first-order chi connectivity index (χ1) is 7.40. The number of nitrogens with two attached hydrogens (primary N) is 1. The summed E-state index contributed by atoms with van der Waals surface area (Å²) < 4.78 is 38.5. The highest BCUT2D eigenvalue weighted by atomic mass is 32.2. The molecule has 0 aliphatic carbocycles. The number of hydrogen-bond donors (Lipinski definition) is 1. The van der Waals surface area contributed by atoms with E-state index in [1.54, 1.807) is 12.1 Å². The van der Waals surface area contributed by atoms with Crippen molar-refractivity contribution in [2.75, 3.05) is 17.8 Å². The molecule has 1 rings (SSSR count). The fourth-order valence-electron chi connectivity index (χ4n) is 1.08. The first-order valence-electron chi connectivity index (χ1n) is 4.71. The zero-order valence-electron chi connectivity index (χ0n) is 9.01. The summed E-state index contributed by atoms with van der Waals surface area (Å²) in [4.78, 5) is 0. The van der Waals surface area contributed by atoms with E-state index < -0.39 is 20.6 Å². The maximum Gasteiger partial charge on any atom is 0.148 e. The second-order valence-corrected chi connectivity index (χ2v) is 7.33. The van der Waals surface area contributed by atoms with E-state index in [0.29, 0.717) is 18.1 Å². The molecule has 0 radical (unpaired) electrons. The van der Waals surface area contributed by atoms with Gasteiger partial charge in [0, 0.05) is 22.8 Å². The van der Waals surface area contributed by atoms with Gasteiger partial charge >= 0.3 is 0 Å². The van der Waals surface area contributed by atoms with Crippen LogP contribution in [0.2, 0.25) is 0 Å². The van der Waals surface area contributed by atoms with E-state index in [0.717, 1.165) is 6.26 Å². The molecule has 0 aliphatic rings. The average molecular weight is 265 g/mol. The van der Waals surface area contributed by atoms with Crippen molar-refractivity contribution >= 4 is 20.6 Å². The lowest BCUT2D eigenvalue weighted by Crippen LogP contribution is -2.12. The topological polar surface area (TPSA) is 90.4 Å². The van der Waals surface area contributed by atoms with Crippen molar-refractivity contribution in [3.8, 4) is 0 Å². The summed E-state index contributed by atoms with van der Waals surface area (Å²) in [6.07, 6.45) is 1.13. The van der Waals surface area contributed by atoms with Gasteiger partial charge in [-0.2, -0.15) is 0 Å². The lowest BCUT2D eigenvalue weighted by molar-refractivity contribution is 0.481. The molecular formula is C9H15NO4S2. The molecule has 7 heteroatoms. The summed E-state index contributed by atoms with van der Waals surface area (Å²) >= 11 is 0. The zero-order valence-corrected chi connectivity index (χ0v) is 10.6. The Bertz CT molecular complexity index is 464. The molecule has 1 unspecified atom stereocenters. The fourth-order valence-corrected chi connectivity index (χ4v) is 3.66. The van der Waals surface area contributed by atoms with Gasteiger partial charge in [-0.15, -0.1) is 0 Å². The van der Waals surface area contributed by atoms with Crippen LogP contribution in [0.3, 0.4) is 0 Å². The third-order valence-electron chi connectivity index (χ3n) is 1.90. The summed E-state index contributed by atoms with van der Waals surface area (Å²) in [5.74, 6) is 1.51. The van der Waals surface area contributed by atoms with Gasteiger partial charge in [0.15, 0.2) is 0 Å². The van der Waals surface area contributed by atoms with Crippen LogP contribution in [-0.4, -0.2) is 30.4 Å². The molecule has 1 heterocycles. The molecule has 0 saturated carbocycles. The molecule has 0 bridgehead atoms. The molecule has 1 atom stereocenters. The summed E-state index contributed by atoms with van der Waals surface area (Å²) in [5, 5.41) is 0. The Balaban J connectivity index is 2.45. The van der Waals surface area contributed by atoms with Gasteiger partial charge in [0.1, 0.15) is 21.4 Å². The van der Waals surface area contributed by atoms with Crippen LogP contribution >= 0.6 is 0 Å². The van der Waals surface area contributed by atoms with Crippen LogP contribution in [0, 0.1) is 0 Å². The summed E-state index contributed by atoms with van der Waals surface area (Å²) in [6.45, 7) is 0.302. The highest BCUT2D eigenvalue weighted by Gasteiger charge is 2.09. The predicted molar refractivity (Wildman–Crippen MR) is 63.0 cm³/mol. The first-order valence-corrected chi connectivity index (χ1v) is 8.26. The largest absolute Gasteiger partial charge is 0.464 e. The quantitative estimate of drug-likeness (QED) is 0.783. The van der Waals surface area contributed by atoms with Gasteiger partial charge in [0.05, 0.1) is 18.1 Å². The van der Waals surface area contributed by atoms with Crippen LogP contribution in [0.4, 0.5) is 0 Å². The normalized spacial score (nSPS) is 13.9. The Morgan fingerprint density at radius 3 is 2.50 bits per heavy atom. The third-order valence-corrected chi connectivity index (χ3v) is 4.37. The van der Waals surface area contributed by atoms with Gasteiger partial charge < -0.3 is 10.2 Å². The highest BCUT2D eigenvalue weighted by Crippen LogP contribution is 2.09. The van der Waals surface area contributed by atoms with E-state index >= 15 is 0 Å². The second-order valence-electron chi connectivity index (χ2n) is 3.49. The van der Waals surface area contributed by atoms with E-state index in [9.17, 15) is 12.6 Å². The fraction of sp³-hybridized carbons (Fsp3) is 0.556. The Hall–Kier alpha value is -0.660. The van der Waals surface area contributed by atoms with Gasteiger partial charge in [0.2, 0.25) is 0 Å². The van der Waals surface area contributed by atoms with Crippen molar-refractivity contribution in [1.29, 1.82) is 0 Å².